The highest BCUT2D eigenvalue weighted by molar-refractivity contribution is 6.32. The molecule has 2 rings (SSSR count). The summed E-state index contributed by atoms with van der Waals surface area (Å²) in [5.41, 5.74) is 1.15. The maximum atomic E-state index is 13.5. The van der Waals surface area contributed by atoms with Crippen molar-refractivity contribution >= 4 is 23.4 Å². The summed E-state index contributed by atoms with van der Waals surface area (Å²) in [5.74, 6) is -1.25. The third kappa shape index (κ3) is 6.26. The Balaban J connectivity index is 2.02. The molecule has 3 N–H and O–H groups in total. The van der Waals surface area contributed by atoms with E-state index in [1.54, 1.807) is 0 Å². The highest BCUT2D eigenvalue weighted by Crippen LogP contribution is 2.34. The van der Waals surface area contributed by atoms with E-state index in [-0.39, 0.29) is 23.2 Å². The Morgan fingerprint density at radius 1 is 1.24 bits per heavy atom. The van der Waals surface area contributed by atoms with Crippen LogP contribution in [0.25, 0.3) is 5.70 Å². The second-order valence-corrected chi connectivity index (χ2v) is 5.96. The van der Waals surface area contributed by atoms with E-state index in [0.29, 0.717) is 11.6 Å². The first kappa shape index (κ1) is 22.3. The number of carboxylic acid groups (broad SMARTS) is 1. The number of hydrogen-bond acceptors (Lipinski definition) is 4. The van der Waals surface area contributed by atoms with Crippen molar-refractivity contribution in [2.45, 2.75) is 12.8 Å². The summed E-state index contributed by atoms with van der Waals surface area (Å²) in [6.07, 6.45) is -6.15. The van der Waals surface area contributed by atoms with Crippen molar-refractivity contribution in [2.75, 3.05) is 6.73 Å². The van der Waals surface area contributed by atoms with Crippen LogP contribution in [-0.2, 0) is 17.6 Å². The molecule has 0 aliphatic carbocycles. The van der Waals surface area contributed by atoms with Crippen LogP contribution in [0.4, 0.5) is 22.4 Å². The van der Waals surface area contributed by atoms with Crippen molar-refractivity contribution in [3.05, 3.63) is 70.5 Å². The molecule has 0 heterocycles. The van der Waals surface area contributed by atoms with Gasteiger partial charge in [-0.05, 0) is 23.8 Å². The molecular weight excluding hydrogens is 420 g/mol. The Morgan fingerprint density at radius 2 is 1.97 bits per heavy atom. The normalized spacial score (nSPS) is 11.1. The van der Waals surface area contributed by atoms with Gasteiger partial charge in [-0.3, -0.25) is 15.6 Å². The largest absolute Gasteiger partial charge is 0.472 e. The van der Waals surface area contributed by atoms with E-state index in [2.05, 4.69) is 12.1 Å². The van der Waals surface area contributed by atoms with Crippen molar-refractivity contribution in [2.24, 2.45) is 0 Å². The summed E-state index contributed by atoms with van der Waals surface area (Å²) in [4.78, 5) is 15.5. The molecular formula is C18H15ClF4N2O4. The molecule has 0 saturated heterocycles. The zero-order chi connectivity index (χ0) is 21.6. The molecule has 1 amide bonds. The Hall–Kier alpha value is -2.98. The highest BCUT2D eigenvalue weighted by atomic mass is 35.5. The zero-order valence-electron chi connectivity index (χ0n) is 14.6. The Kier molecular flexibility index (Phi) is 7.29. The van der Waals surface area contributed by atoms with Crippen LogP contribution in [-0.4, -0.2) is 17.9 Å². The predicted molar refractivity (Wildman–Crippen MR) is 96.5 cm³/mol. The molecule has 6 nitrogen and oxygen atoms in total. The van der Waals surface area contributed by atoms with Gasteiger partial charge < -0.3 is 9.84 Å². The number of rotatable bonds is 8. The van der Waals surface area contributed by atoms with E-state index in [9.17, 15) is 22.4 Å². The summed E-state index contributed by atoms with van der Waals surface area (Å²) in [5, 5.41) is 10.7. The second kappa shape index (κ2) is 9.48. The van der Waals surface area contributed by atoms with Gasteiger partial charge in [-0.15, -0.1) is 0 Å². The van der Waals surface area contributed by atoms with Gasteiger partial charge >= 0.3 is 12.3 Å². The molecule has 0 aliphatic rings. The van der Waals surface area contributed by atoms with Crippen LogP contribution >= 0.6 is 11.6 Å². The van der Waals surface area contributed by atoms with Crippen molar-refractivity contribution < 1.29 is 37.0 Å². The summed E-state index contributed by atoms with van der Waals surface area (Å²) < 4.78 is 57.7. The molecule has 0 aromatic heterocycles. The predicted octanol–water partition coefficient (Wildman–Crippen LogP) is 4.79. The average molecular weight is 435 g/mol. The SMILES string of the molecule is C=C(NOCc1cccc(F)c1C(F)(F)F)c1ccc(Cl)c(OCNC(=O)O)c1. The summed E-state index contributed by atoms with van der Waals surface area (Å²) in [6.45, 7) is 2.75. The quantitative estimate of drug-likeness (QED) is 0.316. The van der Waals surface area contributed by atoms with Crippen molar-refractivity contribution in [3.63, 3.8) is 0 Å². The molecule has 0 fully saturated rings. The van der Waals surface area contributed by atoms with Gasteiger partial charge in [0.15, 0.2) is 6.73 Å². The smallest absolute Gasteiger partial charge is 0.419 e. The molecule has 11 heteroatoms. The maximum absolute atomic E-state index is 13.5. The van der Waals surface area contributed by atoms with Crippen LogP contribution in [0.2, 0.25) is 5.02 Å². The van der Waals surface area contributed by atoms with E-state index in [1.807, 2.05) is 5.32 Å². The molecule has 0 aliphatic heterocycles. The van der Waals surface area contributed by atoms with E-state index >= 15 is 0 Å². The lowest BCUT2D eigenvalue weighted by molar-refractivity contribution is -0.141. The number of carbonyl (C=O) groups is 1. The molecule has 156 valence electrons. The third-order valence-corrected chi connectivity index (χ3v) is 3.85. The molecule has 0 bridgehead atoms. The van der Waals surface area contributed by atoms with Crippen LogP contribution in [0.3, 0.4) is 0 Å². The molecule has 2 aromatic rings. The fourth-order valence-electron chi connectivity index (χ4n) is 2.24. The minimum absolute atomic E-state index is 0.144. The minimum atomic E-state index is -4.87. The standard InChI is InChI=1S/C18H15ClF4N2O4/c1-10(11-5-6-13(19)15(7-11)28-9-24-17(26)27)25-29-8-12-3-2-4-14(20)16(12)18(21,22)23/h2-7,24-25H,1,8-9H2,(H,26,27). The molecule has 0 unspecified atom stereocenters. The highest BCUT2D eigenvalue weighted by Gasteiger charge is 2.36. The van der Waals surface area contributed by atoms with E-state index in [0.717, 1.165) is 12.1 Å². The fourth-order valence-corrected chi connectivity index (χ4v) is 2.42. The number of amides is 1. The van der Waals surface area contributed by atoms with Gasteiger partial charge in [0.05, 0.1) is 16.3 Å². The first-order valence-electron chi connectivity index (χ1n) is 7.90. The molecule has 29 heavy (non-hydrogen) atoms. The average Bonchev–Trinajstić information content (AvgIpc) is 2.61. The van der Waals surface area contributed by atoms with Gasteiger partial charge in [0.1, 0.15) is 18.2 Å². The van der Waals surface area contributed by atoms with Gasteiger partial charge in [-0.25, -0.2) is 9.18 Å². The lowest BCUT2D eigenvalue weighted by Gasteiger charge is -2.15. The number of alkyl halides is 3. The van der Waals surface area contributed by atoms with Crippen LogP contribution in [0.1, 0.15) is 16.7 Å². The van der Waals surface area contributed by atoms with Crippen LogP contribution < -0.4 is 15.5 Å². The minimum Gasteiger partial charge on any atom is -0.472 e. The summed E-state index contributed by atoms with van der Waals surface area (Å²) in [7, 11) is 0. The van der Waals surface area contributed by atoms with Crippen LogP contribution in [0.15, 0.2) is 43.0 Å². The summed E-state index contributed by atoms with van der Waals surface area (Å²) >= 11 is 5.95. The zero-order valence-corrected chi connectivity index (χ0v) is 15.4. The Morgan fingerprint density at radius 3 is 2.62 bits per heavy atom. The maximum Gasteiger partial charge on any atom is 0.419 e. The van der Waals surface area contributed by atoms with E-state index in [1.165, 1.54) is 18.2 Å². The lowest BCUT2D eigenvalue weighted by atomic mass is 10.1. The van der Waals surface area contributed by atoms with Gasteiger partial charge in [0.2, 0.25) is 0 Å². The van der Waals surface area contributed by atoms with Crippen LogP contribution in [0, 0.1) is 5.82 Å². The van der Waals surface area contributed by atoms with Gasteiger partial charge in [-0.1, -0.05) is 36.4 Å². The van der Waals surface area contributed by atoms with Gasteiger partial charge in [-0.2, -0.15) is 13.2 Å². The van der Waals surface area contributed by atoms with E-state index in [4.69, 9.17) is 26.3 Å². The first-order valence-corrected chi connectivity index (χ1v) is 8.28. The molecule has 0 saturated carbocycles. The third-order valence-electron chi connectivity index (χ3n) is 3.54. The van der Waals surface area contributed by atoms with Crippen molar-refractivity contribution in [3.8, 4) is 5.75 Å². The Labute approximate surface area is 167 Å². The van der Waals surface area contributed by atoms with Gasteiger partial charge in [0, 0.05) is 5.56 Å². The number of halogens is 5. The number of hydrogen-bond donors (Lipinski definition) is 3. The number of hydroxylamine groups is 1. The lowest BCUT2D eigenvalue weighted by Crippen LogP contribution is -2.25. The molecule has 0 radical (unpaired) electrons. The fraction of sp³-hybridized carbons (Fsp3) is 0.167. The van der Waals surface area contributed by atoms with Gasteiger partial charge in [0.25, 0.3) is 0 Å². The number of benzene rings is 2. The monoisotopic (exact) mass is 434 g/mol. The summed E-state index contributed by atoms with van der Waals surface area (Å²) in [6, 6.07) is 7.36. The van der Waals surface area contributed by atoms with Crippen molar-refractivity contribution in [1.29, 1.82) is 0 Å². The van der Waals surface area contributed by atoms with Crippen molar-refractivity contribution in [1.82, 2.24) is 10.8 Å². The topological polar surface area (TPSA) is 79.8 Å². The molecule has 2 aromatic carbocycles. The second-order valence-electron chi connectivity index (χ2n) is 5.56. The first-order chi connectivity index (χ1) is 13.6. The molecule has 0 atom stereocenters. The van der Waals surface area contributed by atoms with Crippen LogP contribution in [0.5, 0.6) is 5.75 Å². The number of ether oxygens (including phenoxy) is 1. The van der Waals surface area contributed by atoms with E-state index < -0.39 is 35.8 Å². The number of nitrogens with one attached hydrogen (secondary N) is 2. The molecule has 0 spiro atoms. The Bertz CT molecular complexity index is 906.